The molecule has 0 saturated carbocycles. The summed E-state index contributed by atoms with van der Waals surface area (Å²) in [6.45, 7) is 4.77. The van der Waals surface area contributed by atoms with Crippen LogP contribution < -0.4 is 4.90 Å². The highest BCUT2D eigenvalue weighted by Crippen LogP contribution is 2.20. The monoisotopic (exact) mass is 404 g/mol. The van der Waals surface area contributed by atoms with Gasteiger partial charge < -0.3 is 9.64 Å². The van der Waals surface area contributed by atoms with E-state index in [0.717, 1.165) is 4.90 Å². The van der Waals surface area contributed by atoms with Gasteiger partial charge in [-0.2, -0.15) is 0 Å². The molecule has 0 spiro atoms. The Kier molecular flexibility index (Phi) is 5.75. The summed E-state index contributed by atoms with van der Waals surface area (Å²) in [5.74, 6) is -0.402. The number of Topliss-reactive ketones (excluding diaryl/α,β-unsaturated/α-hetero) is 1. The summed E-state index contributed by atoms with van der Waals surface area (Å²) >= 11 is 1.78. The van der Waals surface area contributed by atoms with Crippen molar-refractivity contribution in [3.05, 3.63) is 0 Å². The standard InChI is InChI=1S/C11H18INO5S/c1-9(14)11(2,12)10(15)18-6-3-13-4-7-19(16,17)8-5-13/h3-8H2,1-2H3/p+1. The van der Waals surface area contributed by atoms with E-state index in [2.05, 4.69) is 0 Å². The fourth-order valence-corrected chi connectivity index (χ4v) is 3.20. The van der Waals surface area contributed by atoms with Crippen LogP contribution in [0.15, 0.2) is 0 Å². The molecule has 1 aliphatic rings. The third-order valence-corrected chi connectivity index (χ3v) is 6.12. The van der Waals surface area contributed by atoms with Crippen molar-refractivity contribution >= 4 is 44.2 Å². The zero-order chi connectivity index (χ0) is 14.7. The molecule has 0 aliphatic carbocycles. The van der Waals surface area contributed by atoms with Crippen molar-refractivity contribution < 1.29 is 27.6 Å². The van der Waals surface area contributed by atoms with Crippen molar-refractivity contribution in [1.82, 2.24) is 0 Å². The van der Waals surface area contributed by atoms with E-state index in [9.17, 15) is 18.0 Å². The second kappa shape index (κ2) is 6.49. The molecule has 1 aliphatic heterocycles. The predicted molar refractivity (Wildman–Crippen MR) is 78.3 cm³/mol. The average Bonchev–Trinajstić information content (AvgIpc) is 2.30. The molecule has 1 rings (SSSR count). The Morgan fingerprint density at radius 2 is 1.84 bits per heavy atom. The molecule has 8 heteroatoms. The van der Waals surface area contributed by atoms with Crippen LogP contribution >= 0.6 is 22.6 Å². The largest absolute Gasteiger partial charge is 0.458 e. The van der Waals surface area contributed by atoms with Crippen LogP contribution in [0.5, 0.6) is 0 Å². The molecule has 0 aromatic rings. The third kappa shape index (κ3) is 4.99. The van der Waals surface area contributed by atoms with Gasteiger partial charge in [-0.1, -0.05) is 22.6 Å². The van der Waals surface area contributed by atoms with Crippen LogP contribution in [0.1, 0.15) is 13.8 Å². The molecular formula is C11H19INO5S+. The van der Waals surface area contributed by atoms with E-state index in [4.69, 9.17) is 4.74 Å². The van der Waals surface area contributed by atoms with Gasteiger partial charge in [0, 0.05) is 0 Å². The second-order valence-electron chi connectivity index (χ2n) is 4.85. The van der Waals surface area contributed by atoms with Gasteiger partial charge in [-0.3, -0.25) is 9.59 Å². The number of ketones is 1. The normalized spacial score (nSPS) is 22.5. The van der Waals surface area contributed by atoms with Gasteiger partial charge in [0.15, 0.2) is 19.0 Å². The number of hydrogen-bond acceptors (Lipinski definition) is 5. The molecule has 1 unspecified atom stereocenters. The lowest BCUT2D eigenvalue weighted by Gasteiger charge is -2.24. The van der Waals surface area contributed by atoms with E-state index >= 15 is 0 Å². The molecule has 0 amide bonds. The van der Waals surface area contributed by atoms with Crippen molar-refractivity contribution in [1.29, 1.82) is 0 Å². The average molecular weight is 404 g/mol. The zero-order valence-electron chi connectivity index (χ0n) is 11.1. The minimum Gasteiger partial charge on any atom is -0.458 e. The first kappa shape index (κ1) is 16.8. The molecule has 0 radical (unpaired) electrons. The molecular weight excluding hydrogens is 385 g/mol. The molecule has 1 atom stereocenters. The first-order valence-corrected chi connectivity index (χ1v) is 8.96. The summed E-state index contributed by atoms with van der Waals surface area (Å²) in [5, 5.41) is 0. The number of alkyl halides is 1. The summed E-state index contributed by atoms with van der Waals surface area (Å²) in [6.07, 6.45) is 0. The van der Waals surface area contributed by atoms with E-state index in [-0.39, 0.29) is 23.9 Å². The lowest BCUT2D eigenvalue weighted by atomic mass is 10.1. The van der Waals surface area contributed by atoms with E-state index < -0.39 is 19.2 Å². The number of esters is 1. The molecule has 1 N–H and O–H groups in total. The van der Waals surface area contributed by atoms with Gasteiger partial charge >= 0.3 is 5.97 Å². The minimum absolute atomic E-state index is 0.188. The van der Waals surface area contributed by atoms with E-state index in [1.807, 2.05) is 0 Å². The molecule has 110 valence electrons. The Labute approximate surface area is 126 Å². The van der Waals surface area contributed by atoms with Crippen LogP contribution in [0, 0.1) is 0 Å². The Morgan fingerprint density at radius 1 is 1.32 bits per heavy atom. The molecule has 1 heterocycles. The molecule has 1 fully saturated rings. The predicted octanol–water partition coefficient (Wildman–Crippen LogP) is -1.37. The van der Waals surface area contributed by atoms with Gasteiger partial charge in [-0.15, -0.1) is 0 Å². The quantitative estimate of drug-likeness (QED) is 0.265. The maximum absolute atomic E-state index is 11.7. The summed E-state index contributed by atoms with van der Waals surface area (Å²) < 4.78 is 26.4. The number of carbonyl (C=O) groups is 2. The number of nitrogens with one attached hydrogen (secondary N) is 1. The van der Waals surface area contributed by atoms with E-state index in [1.54, 1.807) is 22.6 Å². The molecule has 19 heavy (non-hydrogen) atoms. The fraction of sp³-hybridized carbons (Fsp3) is 0.818. The molecule has 1 saturated heterocycles. The van der Waals surface area contributed by atoms with Crippen molar-refractivity contribution in [3.63, 3.8) is 0 Å². The smallest absolute Gasteiger partial charge is 0.329 e. The lowest BCUT2D eigenvalue weighted by molar-refractivity contribution is -0.896. The maximum atomic E-state index is 11.7. The Hall–Kier alpha value is -0.220. The highest BCUT2D eigenvalue weighted by molar-refractivity contribution is 14.1. The molecule has 0 aromatic heterocycles. The number of hydrogen-bond donors (Lipinski definition) is 1. The highest BCUT2D eigenvalue weighted by Gasteiger charge is 2.37. The van der Waals surface area contributed by atoms with Gasteiger partial charge in [-0.05, 0) is 13.8 Å². The van der Waals surface area contributed by atoms with Crippen LogP contribution in [-0.4, -0.2) is 61.3 Å². The highest BCUT2D eigenvalue weighted by atomic mass is 127. The summed E-state index contributed by atoms with van der Waals surface area (Å²) in [7, 11) is -2.87. The van der Waals surface area contributed by atoms with Crippen LogP contribution in [0.4, 0.5) is 0 Å². The van der Waals surface area contributed by atoms with Crippen molar-refractivity contribution in [3.8, 4) is 0 Å². The number of halogens is 1. The number of carbonyl (C=O) groups excluding carboxylic acids is 2. The lowest BCUT2D eigenvalue weighted by Crippen LogP contribution is -3.14. The Bertz CT molecular complexity index is 446. The van der Waals surface area contributed by atoms with Crippen molar-refractivity contribution in [2.24, 2.45) is 0 Å². The number of rotatable bonds is 5. The van der Waals surface area contributed by atoms with Crippen LogP contribution in [0.25, 0.3) is 0 Å². The molecule has 0 aromatic carbocycles. The van der Waals surface area contributed by atoms with Gasteiger partial charge in [0.25, 0.3) is 0 Å². The topological polar surface area (TPSA) is 81.9 Å². The van der Waals surface area contributed by atoms with Crippen LogP contribution in [0.3, 0.4) is 0 Å². The van der Waals surface area contributed by atoms with E-state index in [1.165, 1.54) is 13.8 Å². The maximum Gasteiger partial charge on any atom is 0.329 e. The zero-order valence-corrected chi connectivity index (χ0v) is 14.0. The number of quaternary nitrogens is 1. The van der Waals surface area contributed by atoms with Crippen molar-refractivity contribution in [2.45, 2.75) is 17.3 Å². The second-order valence-corrected chi connectivity index (χ2v) is 9.31. The van der Waals surface area contributed by atoms with Crippen LogP contribution in [-0.2, 0) is 24.2 Å². The number of ether oxygens (including phenoxy) is 1. The minimum atomic E-state index is -2.87. The van der Waals surface area contributed by atoms with Gasteiger partial charge in [0.05, 0.1) is 24.6 Å². The molecule has 6 nitrogen and oxygen atoms in total. The van der Waals surface area contributed by atoms with Crippen molar-refractivity contribution in [2.75, 3.05) is 37.7 Å². The Morgan fingerprint density at radius 3 is 2.32 bits per heavy atom. The van der Waals surface area contributed by atoms with Gasteiger partial charge in [-0.25, -0.2) is 8.42 Å². The summed E-state index contributed by atoms with van der Waals surface area (Å²) in [5.41, 5.74) is 0. The van der Waals surface area contributed by atoms with E-state index in [0.29, 0.717) is 19.6 Å². The fourth-order valence-electron chi connectivity index (χ4n) is 1.64. The molecule has 0 bridgehead atoms. The summed E-state index contributed by atoms with van der Waals surface area (Å²) in [4.78, 5) is 24.1. The number of sulfone groups is 1. The van der Waals surface area contributed by atoms with Crippen LogP contribution in [0.2, 0.25) is 0 Å². The SMILES string of the molecule is CC(=O)C(C)(I)C(=O)OCC[NH+]1CCS(=O)(=O)CC1. The van der Waals surface area contributed by atoms with Gasteiger partial charge in [0.2, 0.25) is 0 Å². The van der Waals surface area contributed by atoms with Gasteiger partial charge in [0.1, 0.15) is 13.2 Å². The first-order chi connectivity index (χ1) is 8.65. The Balaban J connectivity index is 2.32. The third-order valence-electron chi connectivity index (χ3n) is 3.27. The first-order valence-electron chi connectivity index (χ1n) is 6.06. The summed E-state index contributed by atoms with van der Waals surface area (Å²) in [6, 6.07) is 0.